The highest BCUT2D eigenvalue weighted by molar-refractivity contribution is 6.74. The maximum Gasteiger partial charge on any atom is 0.495 e. The number of methoxy groups -OCH3 is 1. The van der Waals surface area contributed by atoms with Gasteiger partial charge in [0.1, 0.15) is 5.60 Å². The van der Waals surface area contributed by atoms with Crippen molar-refractivity contribution in [2.24, 2.45) is 10.8 Å². The van der Waals surface area contributed by atoms with Crippen molar-refractivity contribution in [3.63, 3.8) is 0 Å². The van der Waals surface area contributed by atoms with Crippen LogP contribution in [0.2, 0.25) is 36.3 Å². The monoisotopic (exact) mass is 1350 g/mol. The Hall–Kier alpha value is -4.82. The lowest BCUT2D eigenvalue weighted by Crippen LogP contribution is -2.47. The van der Waals surface area contributed by atoms with Gasteiger partial charge in [0, 0.05) is 10.8 Å². The predicted molar refractivity (Wildman–Crippen MR) is 412 cm³/mol. The van der Waals surface area contributed by atoms with Gasteiger partial charge in [0.15, 0.2) is 22.7 Å². The van der Waals surface area contributed by atoms with E-state index < -0.39 is 40.3 Å². The minimum Gasteiger partial charge on any atom is -0.467 e. The van der Waals surface area contributed by atoms with E-state index in [1.807, 2.05) is 24.3 Å². The van der Waals surface area contributed by atoms with Crippen molar-refractivity contribution in [2.45, 2.75) is 320 Å². The number of nitrogens with one attached hydrogen (secondary N) is 1. The molecule has 6 rings (SSSR count). The summed E-state index contributed by atoms with van der Waals surface area (Å²) in [5.41, 5.74) is 16.0. The van der Waals surface area contributed by atoms with Crippen molar-refractivity contribution < 1.29 is 37.2 Å². The van der Waals surface area contributed by atoms with E-state index >= 15 is 0 Å². The molecule has 1 aliphatic rings. The van der Waals surface area contributed by atoms with Gasteiger partial charge in [-0.15, -0.1) is 0 Å². The van der Waals surface area contributed by atoms with Gasteiger partial charge in [0.25, 0.3) is 0 Å². The van der Waals surface area contributed by atoms with E-state index in [4.69, 9.17) is 27.6 Å². The first kappa shape index (κ1) is 81.9. The Morgan fingerprint density at radius 1 is 0.510 bits per heavy atom. The molecule has 0 aliphatic carbocycles. The lowest BCUT2D eigenvalue weighted by molar-refractivity contribution is -0.143. The molecule has 1 fully saturated rings. The van der Waals surface area contributed by atoms with E-state index in [-0.39, 0.29) is 62.3 Å². The molecule has 1 heterocycles. The maximum atomic E-state index is 12.6. The molecule has 5 aromatic carbocycles. The maximum absolute atomic E-state index is 12.6. The van der Waals surface area contributed by atoms with Crippen molar-refractivity contribution in [1.29, 1.82) is 0 Å². The van der Waals surface area contributed by atoms with Crippen molar-refractivity contribution in [2.75, 3.05) is 7.11 Å². The molecule has 1 aliphatic heterocycles. The molecule has 3 atom stereocenters. The van der Waals surface area contributed by atoms with Gasteiger partial charge in [0.05, 0.1) is 30.5 Å². The Bertz CT molecular complexity index is 3390. The number of carbonyl (C=O) groups excluding carboxylic acids is 2. The minimum absolute atomic E-state index is 0.0398. The second kappa shape index (κ2) is 31.0. The van der Waals surface area contributed by atoms with Gasteiger partial charge < -0.3 is 33.0 Å². The normalized spacial score (nSPS) is 15.9. The van der Waals surface area contributed by atoms with Crippen molar-refractivity contribution in [3.05, 3.63) is 158 Å². The fraction of sp³-hybridized carbons (Fsp3) is 0.619. The Kier molecular flexibility index (Phi) is 26.4. The summed E-state index contributed by atoms with van der Waals surface area (Å²) >= 11 is 0. The van der Waals surface area contributed by atoms with Gasteiger partial charge in [-0.3, -0.25) is 0 Å². The van der Waals surface area contributed by atoms with E-state index in [2.05, 4.69) is 270 Å². The van der Waals surface area contributed by atoms with Crippen LogP contribution in [0.1, 0.15) is 265 Å². The molecule has 96 heavy (non-hydrogen) atoms. The molecule has 12 heteroatoms. The zero-order valence-electron chi connectivity index (χ0n) is 66.5. The minimum atomic E-state index is -1.90. The van der Waals surface area contributed by atoms with E-state index in [1.165, 1.54) is 62.7 Å². The number of hydrogen-bond donors (Lipinski definition) is 1. The standard InChI is InChI=1S/C46H69NO5Si.C38H63BO3Si/c1-17-46(18-2,36-25-23-33(31(3)29-36)24-28-39(43(5,6)7)52-53(15,16)45(11,12)13)37-26-27-38(32(4)30-37)34-19-21-35(22-20-34)40(41(48)50-14)47-42(49)51-44(8,9)10;1-17-38(18-2,31-22-23-32(28(4)26-31)39-41-36(11,12)37(13,14)42-39)30-21-19-29(27(3)25-30)20-24-33(34(5,6)7)40-43(15,16)35(8,9)10/h19-23,25-27,29-30,39-40H,17-18,24,28H2,1-16H3,(H,47,49);19,21-23,25-26,33H,17-18,20,24H2,1-16H3/t39?,40-;/m1./s1. The molecule has 9 nitrogen and oxygen atoms in total. The van der Waals surface area contributed by atoms with E-state index in [0.29, 0.717) is 5.56 Å². The summed E-state index contributed by atoms with van der Waals surface area (Å²) < 4.78 is 37.2. The number of aryl methyl sites for hydroxylation is 6. The highest BCUT2D eigenvalue weighted by atomic mass is 28.4. The fourth-order valence-electron chi connectivity index (χ4n) is 13.2. The van der Waals surface area contributed by atoms with Crippen molar-refractivity contribution in [1.82, 2.24) is 5.32 Å². The summed E-state index contributed by atoms with van der Waals surface area (Å²) in [6.07, 6.45) is 7.92. The zero-order chi connectivity index (χ0) is 73.0. The Balaban J connectivity index is 0.000000355. The first-order chi connectivity index (χ1) is 43.9. The predicted octanol–water partition coefficient (Wildman–Crippen LogP) is 22.3. The molecule has 1 saturated heterocycles. The van der Waals surface area contributed by atoms with Crippen LogP contribution in [-0.4, -0.2) is 71.9 Å². The number of hydrogen-bond acceptors (Lipinski definition) is 8. The third kappa shape index (κ3) is 19.4. The van der Waals surface area contributed by atoms with Crippen molar-refractivity contribution in [3.8, 4) is 11.1 Å². The molecule has 1 amide bonds. The van der Waals surface area contributed by atoms with Crippen LogP contribution in [-0.2, 0) is 56.1 Å². The Morgan fingerprint density at radius 2 is 0.875 bits per heavy atom. The molecule has 0 aromatic heterocycles. The van der Waals surface area contributed by atoms with Crippen LogP contribution in [0.4, 0.5) is 4.79 Å². The molecule has 0 bridgehead atoms. The van der Waals surface area contributed by atoms with Crippen LogP contribution < -0.4 is 10.8 Å². The topological polar surface area (TPSA) is 102 Å². The molecule has 5 aromatic rings. The van der Waals surface area contributed by atoms with Crippen LogP contribution in [0.3, 0.4) is 0 Å². The van der Waals surface area contributed by atoms with Crippen LogP contribution in [0.25, 0.3) is 11.1 Å². The molecule has 0 radical (unpaired) electrons. The van der Waals surface area contributed by atoms with Gasteiger partial charge in [0.2, 0.25) is 0 Å². The Morgan fingerprint density at radius 3 is 1.20 bits per heavy atom. The van der Waals surface area contributed by atoms with Crippen molar-refractivity contribution >= 4 is 41.3 Å². The molecule has 532 valence electrons. The highest BCUT2D eigenvalue weighted by Crippen LogP contribution is 2.46. The lowest BCUT2D eigenvalue weighted by Gasteiger charge is -2.43. The smallest absolute Gasteiger partial charge is 0.467 e. The van der Waals surface area contributed by atoms with E-state index in [9.17, 15) is 9.59 Å². The summed E-state index contributed by atoms with van der Waals surface area (Å²) in [7, 11) is -2.79. The lowest BCUT2D eigenvalue weighted by atomic mass is 9.67. The highest BCUT2D eigenvalue weighted by Gasteiger charge is 2.52. The number of rotatable bonds is 23. The average Bonchev–Trinajstić information content (AvgIpc) is 1.46. The summed E-state index contributed by atoms with van der Waals surface area (Å²) in [6, 6.07) is 34.9. The summed E-state index contributed by atoms with van der Waals surface area (Å²) in [5, 5.41) is 3.05. The number of benzene rings is 5. The van der Waals surface area contributed by atoms with Gasteiger partial charge >= 0.3 is 19.2 Å². The molecular weight excluding hydrogens is 1220 g/mol. The number of esters is 1. The van der Waals surface area contributed by atoms with Crippen LogP contribution in [0.15, 0.2) is 97.1 Å². The van der Waals surface area contributed by atoms with Gasteiger partial charge in [-0.05, 0) is 247 Å². The van der Waals surface area contributed by atoms with Gasteiger partial charge in [-0.1, -0.05) is 213 Å². The zero-order valence-corrected chi connectivity index (χ0v) is 68.5. The molecule has 0 spiro atoms. The molecule has 1 N–H and O–H groups in total. The molecule has 0 saturated carbocycles. The second-order valence-electron chi connectivity index (χ2n) is 35.3. The van der Waals surface area contributed by atoms with E-state index in [0.717, 1.165) is 68.0 Å². The number of carbonyl (C=O) groups is 2. The number of ether oxygens (including phenoxy) is 2. The molecule has 2 unspecified atom stereocenters. The Labute approximate surface area is 588 Å². The third-order valence-electron chi connectivity index (χ3n) is 22.7. The molecular formula is C84H132BNO8Si2. The van der Waals surface area contributed by atoms with Crippen LogP contribution in [0.5, 0.6) is 0 Å². The summed E-state index contributed by atoms with van der Waals surface area (Å²) in [6.45, 7) is 69.4. The summed E-state index contributed by atoms with van der Waals surface area (Å²) in [5.74, 6) is -0.562. The first-order valence-corrected chi connectivity index (χ1v) is 42.0. The first-order valence-electron chi connectivity index (χ1n) is 36.2. The quantitative estimate of drug-likeness (QED) is 0.0510. The summed E-state index contributed by atoms with van der Waals surface area (Å²) in [4.78, 5) is 25.1. The number of alkyl carbamates (subject to hydrolysis) is 1. The van der Waals surface area contributed by atoms with Crippen LogP contribution >= 0.6 is 0 Å². The second-order valence-corrected chi connectivity index (χ2v) is 44.8. The third-order valence-corrected chi connectivity index (χ3v) is 31.7. The van der Waals surface area contributed by atoms with Crippen LogP contribution in [0, 0.1) is 38.5 Å². The SMILES string of the molecule is CCC(CC)(c1ccc(CCC(O[Si](C)(C)C(C)(C)C)C(C)(C)C)c(C)c1)c1ccc(-c2ccc([C@@H](NC(=O)OC(C)(C)C)C(=O)OC)cc2)c(C)c1.CCC(CC)(c1ccc(CCC(O[Si](C)(C)C(C)(C)C)C(C)(C)C)c(C)c1)c1ccc(B2OC(C)(C)C(C)(C)O2)c(C)c1. The number of amides is 1. The van der Waals surface area contributed by atoms with Gasteiger partial charge in [-0.2, -0.15) is 0 Å². The largest absolute Gasteiger partial charge is 0.495 e. The average molecular weight is 1350 g/mol. The van der Waals surface area contributed by atoms with Gasteiger partial charge in [-0.25, -0.2) is 9.59 Å². The fourth-order valence-corrected chi connectivity index (χ4v) is 16.2. The van der Waals surface area contributed by atoms with E-state index in [1.54, 1.807) is 20.8 Å².